The summed E-state index contributed by atoms with van der Waals surface area (Å²) >= 11 is 1.95. The van der Waals surface area contributed by atoms with E-state index in [1.54, 1.807) is 0 Å². The van der Waals surface area contributed by atoms with Gasteiger partial charge in [0.1, 0.15) is 0 Å². The highest BCUT2D eigenvalue weighted by molar-refractivity contribution is 7.12. The van der Waals surface area contributed by atoms with Crippen molar-refractivity contribution in [2.45, 2.75) is 52.6 Å². The van der Waals surface area contributed by atoms with Gasteiger partial charge in [-0.2, -0.15) is 0 Å². The van der Waals surface area contributed by atoms with Crippen LogP contribution in [0, 0.1) is 12.8 Å². The molecule has 2 rings (SSSR count). The summed E-state index contributed by atoms with van der Waals surface area (Å²) in [5, 5.41) is 3.63. The molecule has 1 N–H and O–H groups in total. The van der Waals surface area contributed by atoms with Crippen LogP contribution in [0.25, 0.3) is 0 Å². The Balaban J connectivity index is 2.02. The highest BCUT2D eigenvalue weighted by atomic mass is 32.1. The second-order valence-corrected chi connectivity index (χ2v) is 7.58. The van der Waals surface area contributed by atoms with Crippen molar-refractivity contribution in [1.82, 2.24) is 10.2 Å². The lowest BCUT2D eigenvalue weighted by molar-refractivity contribution is 0.174. The molecule has 19 heavy (non-hydrogen) atoms. The standard InChI is InChI=1S/C16H28N2S/c1-12(2)10-18(11-15-6-5-9-17-15)14(4)16-8-7-13(3)19-16/h7-8,12,14-15,17H,5-6,9-11H2,1-4H3. The van der Waals surface area contributed by atoms with E-state index in [0.717, 1.165) is 5.92 Å². The van der Waals surface area contributed by atoms with Crippen molar-refractivity contribution < 1.29 is 0 Å². The van der Waals surface area contributed by atoms with Gasteiger partial charge in [0, 0.05) is 34.9 Å². The van der Waals surface area contributed by atoms with Gasteiger partial charge in [-0.05, 0) is 51.3 Å². The molecule has 0 aliphatic carbocycles. The minimum Gasteiger partial charge on any atom is -0.313 e. The molecule has 1 aromatic rings. The van der Waals surface area contributed by atoms with Gasteiger partial charge in [0.2, 0.25) is 0 Å². The largest absolute Gasteiger partial charge is 0.313 e. The van der Waals surface area contributed by atoms with Gasteiger partial charge in [-0.15, -0.1) is 11.3 Å². The van der Waals surface area contributed by atoms with Crippen LogP contribution in [0.3, 0.4) is 0 Å². The van der Waals surface area contributed by atoms with Gasteiger partial charge in [0.15, 0.2) is 0 Å². The zero-order chi connectivity index (χ0) is 13.8. The molecule has 1 saturated heterocycles. The van der Waals surface area contributed by atoms with E-state index in [1.165, 1.54) is 42.2 Å². The Labute approximate surface area is 122 Å². The third-order valence-corrected chi connectivity index (χ3v) is 5.11. The molecule has 0 spiro atoms. The summed E-state index contributed by atoms with van der Waals surface area (Å²) in [6.45, 7) is 12.8. The zero-order valence-electron chi connectivity index (χ0n) is 12.8. The molecule has 0 radical (unpaired) electrons. The number of hydrogen-bond acceptors (Lipinski definition) is 3. The van der Waals surface area contributed by atoms with Crippen molar-refractivity contribution in [3.8, 4) is 0 Å². The van der Waals surface area contributed by atoms with Gasteiger partial charge in [-0.25, -0.2) is 0 Å². The Hall–Kier alpha value is -0.380. The molecule has 2 nitrogen and oxygen atoms in total. The fourth-order valence-corrected chi connectivity index (χ4v) is 3.88. The molecule has 1 aliphatic heterocycles. The zero-order valence-corrected chi connectivity index (χ0v) is 13.6. The fraction of sp³-hybridized carbons (Fsp3) is 0.750. The predicted octanol–water partition coefficient (Wildman–Crippen LogP) is 3.83. The summed E-state index contributed by atoms with van der Waals surface area (Å²) < 4.78 is 0. The van der Waals surface area contributed by atoms with Crippen LogP contribution in [0.4, 0.5) is 0 Å². The fourth-order valence-electron chi connectivity index (χ4n) is 2.91. The van der Waals surface area contributed by atoms with Crippen molar-refractivity contribution in [2.75, 3.05) is 19.6 Å². The second-order valence-electron chi connectivity index (χ2n) is 6.27. The Morgan fingerprint density at radius 2 is 2.16 bits per heavy atom. The minimum atomic E-state index is 0.545. The summed E-state index contributed by atoms with van der Waals surface area (Å²) in [4.78, 5) is 5.60. The van der Waals surface area contributed by atoms with Gasteiger partial charge in [-0.1, -0.05) is 13.8 Å². The molecule has 0 bridgehead atoms. The second kappa shape index (κ2) is 6.87. The first-order valence-electron chi connectivity index (χ1n) is 7.60. The van der Waals surface area contributed by atoms with Crippen LogP contribution < -0.4 is 5.32 Å². The minimum absolute atomic E-state index is 0.545. The van der Waals surface area contributed by atoms with E-state index in [0.29, 0.717) is 12.1 Å². The van der Waals surface area contributed by atoms with E-state index >= 15 is 0 Å². The average Bonchev–Trinajstić information content (AvgIpc) is 2.98. The van der Waals surface area contributed by atoms with E-state index < -0.39 is 0 Å². The van der Waals surface area contributed by atoms with Crippen LogP contribution in [0.5, 0.6) is 0 Å². The molecule has 3 heteroatoms. The van der Waals surface area contributed by atoms with Crippen molar-refractivity contribution in [3.05, 3.63) is 21.9 Å². The SMILES string of the molecule is Cc1ccc(C(C)N(CC(C)C)CC2CCCN2)s1. The van der Waals surface area contributed by atoms with Crippen molar-refractivity contribution in [2.24, 2.45) is 5.92 Å². The van der Waals surface area contributed by atoms with Gasteiger partial charge in [0.05, 0.1) is 0 Å². The summed E-state index contributed by atoms with van der Waals surface area (Å²) in [7, 11) is 0. The van der Waals surface area contributed by atoms with E-state index in [1.807, 2.05) is 11.3 Å². The molecule has 0 amide bonds. The lowest BCUT2D eigenvalue weighted by Gasteiger charge is -2.32. The van der Waals surface area contributed by atoms with Crippen LogP contribution in [-0.4, -0.2) is 30.6 Å². The van der Waals surface area contributed by atoms with Crippen molar-refractivity contribution >= 4 is 11.3 Å². The summed E-state index contributed by atoms with van der Waals surface area (Å²) in [5.41, 5.74) is 0. The molecule has 0 saturated carbocycles. The first kappa shape index (κ1) is 15.0. The molecule has 1 aliphatic rings. The summed E-state index contributed by atoms with van der Waals surface area (Å²) in [5.74, 6) is 0.727. The third-order valence-electron chi connectivity index (χ3n) is 3.94. The number of nitrogens with zero attached hydrogens (tertiary/aromatic N) is 1. The molecule has 1 fully saturated rings. The number of hydrogen-bond donors (Lipinski definition) is 1. The number of rotatable bonds is 6. The maximum absolute atomic E-state index is 3.63. The molecule has 2 unspecified atom stereocenters. The first-order valence-corrected chi connectivity index (χ1v) is 8.41. The van der Waals surface area contributed by atoms with Gasteiger partial charge in [-0.3, -0.25) is 4.90 Å². The average molecular weight is 280 g/mol. The van der Waals surface area contributed by atoms with E-state index in [4.69, 9.17) is 0 Å². The highest BCUT2D eigenvalue weighted by Crippen LogP contribution is 2.28. The molecule has 108 valence electrons. The number of nitrogens with one attached hydrogen (secondary N) is 1. The Morgan fingerprint density at radius 3 is 2.68 bits per heavy atom. The third kappa shape index (κ3) is 4.30. The van der Waals surface area contributed by atoms with E-state index in [2.05, 4.69) is 50.0 Å². The quantitative estimate of drug-likeness (QED) is 0.852. The Kier molecular flexibility index (Phi) is 5.43. The van der Waals surface area contributed by atoms with Crippen molar-refractivity contribution in [1.29, 1.82) is 0 Å². The van der Waals surface area contributed by atoms with Crippen LogP contribution in [0.15, 0.2) is 12.1 Å². The normalized spacial score (nSPS) is 21.5. The Bertz CT molecular complexity index is 380. The molecular weight excluding hydrogens is 252 g/mol. The molecule has 0 aromatic carbocycles. The maximum atomic E-state index is 3.63. The smallest absolute Gasteiger partial charge is 0.0414 e. The van der Waals surface area contributed by atoms with Crippen LogP contribution in [0.2, 0.25) is 0 Å². The predicted molar refractivity (Wildman–Crippen MR) is 84.9 cm³/mol. The van der Waals surface area contributed by atoms with Crippen LogP contribution >= 0.6 is 11.3 Å². The molecule has 1 aromatic heterocycles. The lowest BCUT2D eigenvalue weighted by atomic mass is 10.1. The summed E-state index contributed by atoms with van der Waals surface area (Å²) in [6.07, 6.45) is 2.68. The van der Waals surface area contributed by atoms with Crippen LogP contribution in [-0.2, 0) is 0 Å². The number of thiophene rings is 1. The van der Waals surface area contributed by atoms with Crippen molar-refractivity contribution in [3.63, 3.8) is 0 Å². The highest BCUT2D eigenvalue weighted by Gasteiger charge is 2.23. The Morgan fingerprint density at radius 1 is 1.37 bits per heavy atom. The molecular formula is C16H28N2S. The lowest BCUT2D eigenvalue weighted by Crippen LogP contribution is -2.40. The molecule has 2 heterocycles. The van der Waals surface area contributed by atoms with Gasteiger partial charge in [0.25, 0.3) is 0 Å². The van der Waals surface area contributed by atoms with E-state index in [-0.39, 0.29) is 0 Å². The van der Waals surface area contributed by atoms with E-state index in [9.17, 15) is 0 Å². The summed E-state index contributed by atoms with van der Waals surface area (Å²) in [6, 6.07) is 5.79. The topological polar surface area (TPSA) is 15.3 Å². The number of aryl methyl sites for hydroxylation is 1. The van der Waals surface area contributed by atoms with Gasteiger partial charge >= 0.3 is 0 Å². The molecule has 2 atom stereocenters. The maximum Gasteiger partial charge on any atom is 0.0414 e. The monoisotopic (exact) mass is 280 g/mol. The van der Waals surface area contributed by atoms with Crippen LogP contribution in [0.1, 0.15) is 49.4 Å². The van der Waals surface area contributed by atoms with Gasteiger partial charge < -0.3 is 5.32 Å². The first-order chi connectivity index (χ1) is 9.06.